The number of anilines is 1. The van der Waals surface area contributed by atoms with Crippen molar-refractivity contribution in [3.63, 3.8) is 0 Å². The van der Waals surface area contributed by atoms with Crippen LogP contribution in [0.5, 0.6) is 0 Å². The smallest absolute Gasteiger partial charge is 0.340 e. The summed E-state index contributed by atoms with van der Waals surface area (Å²) in [6.07, 6.45) is 0. The third-order valence-corrected chi connectivity index (χ3v) is 4.65. The first kappa shape index (κ1) is 20.4. The van der Waals surface area contributed by atoms with E-state index in [4.69, 9.17) is 4.74 Å². The molecule has 6 nitrogen and oxygen atoms in total. The summed E-state index contributed by atoms with van der Waals surface area (Å²) in [6.45, 7) is 5.19. The highest BCUT2D eigenvalue weighted by molar-refractivity contribution is 8.00. The molecule has 0 radical (unpaired) electrons. The number of hydrogen-bond donors (Lipinski definition) is 1. The summed E-state index contributed by atoms with van der Waals surface area (Å²) < 4.78 is 18.2. The van der Waals surface area contributed by atoms with Gasteiger partial charge in [-0.1, -0.05) is 17.8 Å². The van der Waals surface area contributed by atoms with Crippen LogP contribution in [0.3, 0.4) is 0 Å². The van der Waals surface area contributed by atoms with Crippen molar-refractivity contribution >= 4 is 29.3 Å². The summed E-state index contributed by atoms with van der Waals surface area (Å²) in [7, 11) is 0. The van der Waals surface area contributed by atoms with E-state index in [9.17, 15) is 19.2 Å². The maximum atomic E-state index is 13.2. The highest BCUT2D eigenvalue weighted by Gasteiger charge is 2.21. The van der Waals surface area contributed by atoms with Crippen LogP contribution < -0.4 is 5.32 Å². The second-order valence-electron chi connectivity index (χ2n) is 5.57. The number of carbonyl (C=O) groups excluding carboxylic acids is 2. The van der Waals surface area contributed by atoms with E-state index >= 15 is 0 Å². The summed E-state index contributed by atoms with van der Waals surface area (Å²) in [4.78, 5) is 28.6. The second-order valence-corrected chi connectivity index (χ2v) is 6.90. The molecule has 0 saturated heterocycles. The highest BCUT2D eigenvalue weighted by Crippen LogP contribution is 2.27. The fourth-order valence-electron chi connectivity index (χ4n) is 2.20. The number of amides is 1. The van der Waals surface area contributed by atoms with Crippen molar-refractivity contribution in [2.45, 2.75) is 31.0 Å². The van der Waals surface area contributed by atoms with Crippen LogP contribution in [0.1, 0.15) is 35.5 Å². The number of benzene rings is 1. The summed E-state index contributed by atoms with van der Waals surface area (Å²) in [6, 6.07) is 8.98. The van der Waals surface area contributed by atoms with Crippen LogP contribution in [-0.2, 0) is 9.53 Å². The molecule has 0 spiro atoms. The zero-order valence-corrected chi connectivity index (χ0v) is 15.9. The molecule has 27 heavy (non-hydrogen) atoms. The number of aryl methyl sites for hydroxylation is 1. The van der Waals surface area contributed by atoms with E-state index in [-0.39, 0.29) is 23.6 Å². The number of aromatic nitrogens is 1. The number of pyridine rings is 1. The van der Waals surface area contributed by atoms with Crippen molar-refractivity contribution in [2.75, 3.05) is 11.9 Å². The van der Waals surface area contributed by atoms with Crippen LogP contribution in [0.2, 0.25) is 0 Å². The molecule has 0 saturated carbocycles. The molecule has 2 aromatic rings. The van der Waals surface area contributed by atoms with E-state index in [1.807, 2.05) is 6.07 Å². The lowest BCUT2D eigenvalue weighted by Gasteiger charge is -2.14. The van der Waals surface area contributed by atoms with Crippen molar-refractivity contribution < 1.29 is 18.7 Å². The molecular formula is C19H18FN3O3S. The van der Waals surface area contributed by atoms with Crippen molar-refractivity contribution in [3.8, 4) is 6.07 Å². The van der Waals surface area contributed by atoms with E-state index in [1.54, 1.807) is 26.8 Å². The summed E-state index contributed by atoms with van der Waals surface area (Å²) >= 11 is 1.08. The highest BCUT2D eigenvalue weighted by atomic mass is 32.2. The number of thioether (sulfide) groups is 1. The second kappa shape index (κ2) is 9.14. The van der Waals surface area contributed by atoms with Gasteiger partial charge in [0.25, 0.3) is 0 Å². The Morgan fingerprint density at radius 3 is 2.78 bits per heavy atom. The summed E-state index contributed by atoms with van der Waals surface area (Å²) in [5.74, 6) is -1.36. The predicted octanol–water partition coefficient (Wildman–Crippen LogP) is 3.70. The van der Waals surface area contributed by atoms with E-state index in [1.165, 1.54) is 24.3 Å². The number of esters is 1. The number of rotatable bonds is 6. The number of ether oxygens (including phenoxy) is 1. The third-order valence-electron chi connectivity index (χ3n) is 3.54. The van der Waals surface area contributed by atoms with Gasteiger partial charge in [-0.2, -0.15) is 5.26 Å². The van der Waals surface area contributed by atoms with Gasteiger partial charge in [0.05, 0.1) is 28.7 Å². The van der Waals surface area contributed by atoms with Gasteiger partial charge >= 0.3 is 5.97 Å². The van der Waals surface area contributed by atoms with E-state index in [2.05, 4.69) is 10.3 Å². The van der Waals surface area contributed by atoms with E-state index in [0.29, 0.717) is 16.4 Å². The molecule has 1 amide bonds. The first-order valence-electron chi connectivity index (χ1n) is 8.17. The molecule has 1 aromatic carbocycles. The minimum absolute atomic E-state index is 0.180. The number of nitrogens with zero attached hydrogens (tertiary/aromatic N) is 2. The Labute approximate surface area is 160 Å². The molecule has 140 valence electrons. The van der Waals surface area contributed by atoms with Crippen LogP contribution in [-0.4, -0.2) is 28.7 Å². The van der Waals surface area contributed by atoms with E-state index < -0.39 is 17.0 Å². The average molecular weight is 387 g/mol. The van der Waals surface area contributed by atoms with Crippen LogP contribution >= 0.6 is 11.8 Å². The number of carbonyl (C=O) groups is 2. The standard InChI is InChI=1S/C19H18FN3O3S/c1-4-26-19(25)16-8-13(10-21)18(22-11(16)2)27-12(3)17(24)23-15-7-5-6-14(20)9-15/h5-9,12H,4H2,1-3H3,(H,23,24)/t12-/m0/s1. The Hall–Kier alpha value is -2.92. The molecule has 8 heteroatoms. The fraction of sp³-hybridized carbons (Fsp3) is 0.263. The Balaban J connectivity index is 2.18. The first-order valence-corrected chi connectivity index (χ1v) is 9.05. The van der Waals surface area contributed by atoms with Gasteiger partial charge in [-0.25, -0.2) is 14.2 Å². The zero-order valence-electron chi connectivity index (χ0n) is 15.1. The number of hydrogen-bond acceptors (Lipinski definition) is 6. The van der Waals surface area contributed by atoms with Crippen LogP contribution in [0.25, 0.3) is 0 Å². The Bertz CT molecular complexity index is 912. The molecule has 1 aromatic heterocycles. The van der Waals surface area contributed by atoms with Gasteiger partial charge in [-0.05, 0) is 45.0 Å². The minimum atomic E-state index is -0.597. The molecule has 1 atom stereocenters. The van der Waals surface area contributed by atoms with Gasteiger partial charge in [-0.3, -0.25) is 4.79 Å². The first-order chi connectivity index (χ1) is 12.8. The number of nitrogens with one attached hydrogen (secondary N) is 1. The normalized spacial score (nSPS) is 11.4. The fourth-order valence-corrected chi connectivity index (χ4v) is 3.12. The Kier molecular flexibility index (Phi) is 6.91. The molecule has 0 unspecified atom stereocenters. The van der Waals surface area contributed by atoms with Gasteiger partial charge < -0.3 is 10.1 Å². The lowest BCUT2D eigenvalue weighted by atomic mass is 10.1. The third kappa shape index (κ3) is 5.28. The van der Waals surface area contributed by atoms with Crippen molar-refractivity contribution in [3.05, 3.63) is 53.0 Å². The monoisotopic (exact) mass is 387 g/mol. The van der Waals surface area contributed by atoms with Crippen LogP contribution in [0, 0.1) is 24.1 Å². The van der Waals surface area contributed by atoms with Gasteiger partial charge in [0.1, 0.15) is 16.9 Å². The molecule has 0 aliphatic carbocycles. The van der Waals surface area contributed by atoms with Gasteiger partial charge in [0, 0.05) is 5.69 Å². The number of nitriles is 1. The molecule has 0 aliphatic rings. The molecule has 0 bridgehead atoms. The average Bonchev–Trinajstić information content (AvgIpc) is 2.62. The Morgan fingerprint density at radius 2 is 2.15 bits per heavy atom. The molecule has 1 N–H and O–H groups in total. The lowest BCUT2D eigenvalue weighted by Crippen LogP contribution is -2.22. The van der Waals surface area contributed by atoms with Gasteiger partial charge in [0.15, 0.2) is 0 Å². The minimum Gasteiger partial charge on any atom is -0.462 e. The largest absolute Gasteiger partial charge is 0.462 e. The van der Waals surface area contributed by atoms with E-state index in [0.717, 1.165) is 11.8 Å². The topological polar surface area (TPSA) is 92.1 Å². The Morgan fingerprint density at radius 1 is 1.41 bits per heavy atom. The van der Waals surface area contributed by atoms with Crippen LogP contribution in [0.4, 0.5) is 10.1 Å². The molecule has 0 aliphatic heterocycles. The lowest BCUT2D eigenvalue weighted by molar-refractivity contribution is -0.115. The van der Waals surface area contributed by atoms with Gasteiger partial charge in [0.2, 0.25) is 5.91 Å². The quantitative estimate of drug-likeness (QED) is 0.600. The summed E-state index contributed by atoms with van der Waals surface area (Å²) in [5, 5.41) is 11.7. The van der Waals surface area contributed by atoms with Crippen molar-refractivity contribution in [2.24, 2.45) is 0 Å². The molecule has 0 fully saturated rings. The predicted molar refractivity (Wildman–Crippen MR) is 100.0 cm³/mol. The summed E-state index contributed by atoms with van der Waals surface area (Å²) in [5.41, 5.74) is 1.15. The molecule has 1 heterocycles. The van der Waals surface area contributed by atoms with Crippen molar-refractivity contribution in [1.82, 2.24) is 4.98 Å². The SMILES string of the molecule is CCOC(=O)c1cc(C#N)c(S[C@@H](C)C(=O)Nc2cccc(F)c2)nc1C. The maximum absolute atomic E-state index is 13.2. The molecule has 2 rings (SSSR count). The van der Waals surface area contributed by atoms with Crippen LogP contribution in [0.15, 0.2) is 35.4 Å². The molecular weight excluding hydrogens is 369 g/mol. The van der Waals surface area contributed by atoms with Crippen molar-refractivity contribution in [1.29, 1.82) is 5.26 Å². The van der Waals surface area contributed by atoms with Gasteiger partial charge in [-0.15, -0.1) is 0 Å². The maximum Gasteiger partial charge on any atom is 0.340 e. The zero-order chi connectivity index (χ0) is 20.0. The number of halogens is 1.